The zero-order valence-electron chi connectivity index (χ0n) is 14.9. The molecule has 4 unspecified atom stereocenters. The number of nitrogens with two attached hydrogens (primary N) is 1. The van der Waals surface area contributed by atoms with Gasteiger partial charge in [-0.15, -0.1) is 0 Å². The molecule has 0 radical (unpaired) electrons. The van der Waals surface area contributed by atoms with Crippen LogP contribution in [0.15, 0.2) is 48.2 Å². The molecule has 0 aromatic heterocycles. The summed E-state index contributed by atoms with van der Waals surface area (Å²) in [6.45, 7) is 9.37. The summed E-state index contributed by atoms with van der Waals surface area (Å²) in [5.41, 5.74) is 6.41. The van der Waals surface area contributed by atoms with Crippen molar-refractivity contribution in [1.82, 2.24) is 9.80 Å². The SMILES string of the molecule is C=C/C(Cl)=C\C=C\CN1C=CC(N(C)CCC)C1C(N)C(C)C=O. The lowest BCUT2D eigenvalue weighted by Crippen LogP contribution is -2.56. The molecule has 2 N–H and O–H groups in total. The third kappa shape index (κ3) is 5.62. The van der Waals surface area contributed by atoms with Crippen molar-refractivity contribution >= 4 is 17.9 Å². The van der Waals surface area contributed by atoms with E-state index in [0.29, 0.717) is 11.6 Å². The van der Waals surface area contributed by atoms with Gasteiger partial charge in [0.25, 0.3) is 0 Å². The van der Waals surface area contributed by atoms with Crippen LogP contribution in [0.2, 0.25) is 0 Å². The van der Waals surface area contributed by atoms with Crippen molar-refractivity contribution in [1.29, 1.82) is 0 Å². The summed E-state index contributed by atoms with van der Waals surface area (Å²) in [7, 11) is 2.11. The van der Waals surface area contributed by atoms with Crippen LogP contribution in [0.4, 0.5) is 0 Å². The molecule has 5 heteroatoms. The molecule has 0 spiro atoms. The van der Waals surface area contributed by atoms with Gasteiger partial charge in [-0.2, -0.15) is 0 Å². The third-order valence-corrected chi connectivity index (χ3v) is 4.69. The van der Waals surface area contributed by atoms with Crippen molar-refractivity contribution in [2.45, 2.75) is 38.4 Å². The minimum Gasteiger partial charge on any atom is -0.368 e. The summed E-state index contributed by atoms with van der Waals surface area (Å²) in [6.07, 6.45) is 13.6. The predicted molar refractivity (Wildman–Crippen MR) is 103 cm³/mol. The van der Waals surface area contributed by atoms with Crippen LogP contribution in [0.1, 0.15) is 20.3 Å². The van der Waals surface area contributed by atoms with Gasteiger partial charge in [0.1, 0.15) is 6.29 Å². The van der Waals surface area contributed by atoms with Crippen LogP contribution in [0, 0.1) is 5.92 Å². The summed E-state index contributed by atoms with van der Waals surface area (Å²) >= 11 is 5.90. The van der Waals surface area contributed by atoms with Gasteiger partial charge in [-0.25, -0.2) is 0 Å². The van der Waals surface area contributed by atoms with Gasteiger partial charge in [0.05, 0.1) is 12.1 Å². The van der Waals surface area contributed by atoms with E-state index in [2.05, 4.69) is 42.6 Å². The largest absolute Gasteiger partial charge is 0.368 e. The molecule has 0 amide bonds. The minimum absolute atomic E-state index is 0.0743. The quantitative estimate of drug-likeness (QED) is 0.485. The standard InChI is InChI=1S/C19H30ClN3O/c1-5-11-22(4)17-10-13-23(12-8-7-9-16(20)6-2)19(17)18(21)15(3)14-24/h6-10,13-15,17-19H,2,5,11-12,21H2,1,3-4H3/b8-7+,16-9+. The lowest BCUT2D eigenvalue weighted by atomic mass is 9.91. The molecule has 134 valence electrons. The summed E-state index contributed by atoms with van der Waals surface area (Å²) in [4.78, 5) is 15.7. The van der Waals surface area contributed by atoms with Gasteiger partial charge in [0.2, 0.25) is 0 Å². The number of hydrogen-bond acceptors (Lipinski definition) is 4. The minimum atomic E-state index is -0.220. The molecule has 0 saturated heterocycles. The van der Waals surface area contributed by atoms with Crippen molar-refractivity contribution in [2.24, 2.45) is 11.7 Å². The van der Waals surface area contributed by atoms with E-state index in [1.54, 1.807) is 12.2 Å². The van der Waals surface area contributed by atoms with E-state index in [-0.39, 0.29) is 24.0 Å². The van der Waals surface area contributed by atoms with Gasteiger partial charge >= 0.3 is 0 Å². The van der Waals surface area contributed by atoms with Gasteiger partial charge in [0.15, 0.2) is 0 Å². The van der Waals surface area contributed by atoms with Crippen molar-refractivity contribution in [3.05, 3.63) is 48.2 Å². The highest BCUT2D eigenvalue weighted by molar-refractivity contribution is 6.31. The first-order valence-electron chi connectivity index (χ1n) is 8.46. The number of carbonyl (C=O) groups excluding carboxylic acids is 1. The van der Waals surface area contributed by atoms with Crippen LogP contribution in [0.3, 0.4) is 0 Å². The summed E-state index contributed by atoms with van der Waals surface area (Å²) < 4.78 is 0. The third-order valence-electron chi connectivity index (χ3n) is 4.41. The Morgan fingerprint density at radius 1 is 1.54 bits per heavy atom. The highest BCUT2D eigenvalue weighted by Gasteiger charge is 2.37. The van der Waals surface area contributed by atoms with Crippen LogP contribution in [0.5, 0.6) is 0 Å². The Kier molecular flexibility index (Phi) is 9.04. The number of halogens is 1. The molecule has 0 aromatic rings. The van der Waals surface area contributed by atoms with E-state index in [9.17, 15) is 4.79 Å². The Labute approximate surface area is 151 Å². The van der Waals surface area contributed by atoms with Crippen LogP contribution < -0.4 is 5.73 Å². The molecule has 1 aliphatic heterocycles. The monoisotopic (exact) mass is 351 g/mol. The smallest absolute Gasteiger partial charge is 0.124 e. The molecule has 4 atom stereocenters. The number of likely N-dealkylation sites (N-methyl/N-ethyl adjacent to an activating group) is 1. The van der Waals surface area contributed by atoms with Gasteiger partial charge in [0, 0.05) is 23.5 Å². The van der Waals surface area contributed by atoms with E-state index in [1.165, 1.54) is 0 Å². The second-order valence-electron chi connectivity index (χ2n) is 6.26. The second kappa shape index (κ2) is 10.5. The fourth-order valence-corrected chi connectivity index (χ4v) is 3.03. The number of carbonyl (C=O) groups is 1. The van der Waals surface area contributed by atoms with E-state index in [4.69, 9.17) is 17.3 Å². The lowest BCUT2D eigenvalue weighted by molar-refractivity contribution is -0.111. The normalized spacial score (nSPS) is 23.9. The number of aldehydes is 1. The fourth-order valence-electron chi connectivity index (χ4n) is 2.96. The molecule has 0 bridgehead atoms. The van der Waals surface area contributed by atoms with Gasteiger partial charge in [-0.1, -0.05) is 50.3 Å². The first-order chi connectivity index (χ1) is 11.5. The topological polar surface area (TPSA) is 49.6 Å². The second-order valence-corrected chi connectivity index (χ2v) is 6.69. The fraction of sp³-hybridized carbons (Fsp3) is 0.526. The maximum absolute atomic E-state index is 11.2. The summed E-state index contributed by atoms with van der Waals surface area (Å²) in [6, 6.07) is 0.0656. The predicted octanol–water partition coefficient (Wildman–Crippen LogP) is 2.92. The summed E-state index contributed by atoms with van der Waals surface area (Å²) in [5, 5.41) is 0.603. The van der Waals surface area contributed by atoms with Gasteiger partial charge in [-0.3, -0.25) is 4.90 Å². The Balaban J connectivity index is 2.87. The Bertz CT molecular complexity index is 501. The van der Waals surface area contributed by atoms with Crippen molar-refractivity contribution in [2.75, 3.05) is 20.1 Å². The molecule has 1 heterocycles. The first kappa shape index (κ1) is 20.7. The summed E-state index contributed by atoms with van der Waals surface area (Å²) in [5.74, 6) is -0.186. The molecule has 0 aromatic carbocycles. The first-order valence-corrected chi connectivity index (χ1v) is 8.84. The average Bonchev–Trinajstić information content (AvgIpc) is 3.01. The molecular weight excluding hydrogens is 322 g/mol. The molecule has 0 saturated carbocycles. The average molecular weight is 352 g/mol. The molecule has 24 heavy (non-hydrogen) atoms. The molecule has 0 fully saturated rings. The maximum Gasteiger partial charge on any atom is 0.124 e. The lowest BCUT2D eigenvalue weighted by Gasteiger charge is -2.38. The van der Waals surface area contributed by atoms with Crippen LogP contribution in [-0.4, -0.2) is 54.3 Å². The zero-order valence-corrected chi connectivity index (χ0v) is 15.7. The highest BCUT2D eigenvalue weighted by atomic mass is 35.5. The maximum atomic E-state index is 11.2. The number of rotatable bonds is 10. The van der Waals surface area contributed by atoms with E-state index in [0.717, 1.165) is 19.3 Å². The molecule has 1 rings (SSSR count). The number of allylic oxidation sites excluding steroid dienone is 4. The van der Waals surface area contributed by atoms with Crippen LogP contribution >= 0.6 is 11.6 Å². The van der Waals surface area contributed by atoms with Crippen molar-refractivity contribution < 1.29 is 4.79 Å². The Morgan fingerprint density at radius 3 is 2.83 bits per heavy atom. The Hall–Kier alpha value is -1.36. The molecule has 0 aliphatic carbocycles. The van der Waals surface area contributed by atoms with Crippen molar-refractivity contribution in [3.63, 3.8) is 0 Å². The van der Waals surface area contributed by atoms with Gasteiger partial charge < -0.3 is 15.4 Å². The Morgan fingerprint density at radius 2 is 2.25 bits per heavy atom. The molecule has 4 nitrogen and oxygen atoms in total. The zero-order chi connectivity index (χ0) is 18.1. The van der Waals surface area contributed by atoms with E-state index >= 15 is 0 Å². The molecule has 1 aliphatic rings. The van der Waals surface area contributed by atoms with Crippen molar-refractivity contribution in [3.8, 4) is 0 Å². The number of hydrogen-bond donors (Lipinski definition) is 1. The highest BCUT2D eigenvalue weighted by Crippen LogP contribution is 2.24. The van der Waals surface area contributed by atoms with E-state index in [1.807, 2.05) is 19.1 Å². The van der Waals surface area contributed by atoms with Gasteiger partial charge in [-0.05, 0) is 38.4 Å². The van der Waals surface area contributed by atoms with E-state index < -0.39 is 0 Å². The molecular formula is C19H30ClN3O. The van der Waals surface area contributed by atoms with Crippen LogP contribution in [0.25, 0.3) is 0 Å². The number of nitrogens with zero attached hydrogens (tertiary/aromatic N) is 2. The van der Waals surface area contributed by atoms with Crippen LogP contribution in [-0.2, 0) is 4.79 Å².